The number of thiophene rings is 1. The first-order chi connectivity index (χ1) is 12.5. The Labute approximate surface area is 170 Å². The average Bonchev–Trinajstić information content (AvgIpc) is 2.97. The van der Waals surface area contributed by atoms with Crippen LogP contribution in [0, 0.1) is 23.2 Å². The molecule has 0 aliphatic rings. The van der Waals surface area contributed by atoms with Crippen LogP contribution in [0.2, 0.25) is 0 Å². The topological polar surface area (TPSA) is 34.1 Å². The van der Waals surface area contributed by atoms with Gasteiger partial charge in [0, 0.05) is 15.7 Å². The number of carbonyl (C=O) groups is 2. The molecule has 2 nitrogen and oxygen atoms in total. The van der Waals surface area contributed by atoms with E-state index < -0.39 is 5.92 Å². The predicted octanol–water partition coefficient (Wildman–Crippen LogP) is 6.67. The van der Waals surface area contributed by atoms with Crippen molar-refractivity contribution in [3.63, 3.8) is 0 Å². The summed E-state index contributed by atoms with van der Waals surface area (Å²) in [5, 5.41) is 0. The van der Waals surface area contributed by atoms with Gasteiger partial charge in [-0.25, -0.2) is 0 Å². The zero-order valence-electron chi connectivity index (χ0n) is 18.5. The molecule has 0 amide bonds. The second-order valence-electron chi connectivity index (χ2n) is 9.11. The molecular weight excluding hydrogens is 352 g/mol. The number of Topliss-reactive ketones (excluding diaryl/α,β-unsaturated/α-hetero) is 1. The van der Waals surface area contributed by atoms with Crippen molar-refractivity contribution >= 4 is 22.9 Å². The first-order valence-corrected chi connectivity index (χ1v) is 11.1. The molecule has 2 atom stereocenters. The zero-order chi connectivity index (χ0) is 20.8. The summed E-state index contributed by atoms with van der Waals surface area (Å²) in [5.74, 6) is -0.657. The lowest BCUT2D eigenvalue weighted by atomic mass is 9.69. The maximum absolute atomic E-state index is 13.2. The van der Waals surface area contributed by atoms with Gasteiger partial charge in [-0.15, -0.1) is 11.3 Å². The number of allylic oxidation sites excluding steroid dienone is 2. The number of carbonyl (C=O) groups excluding carboxylic acids is 2. The van der Waals surface area contributed by atoms with Gasteiger partial charge >= 0.3 is 0 Å². The average molecular weight is 391 g/mol. The third-order valence-electron chi connectivity index (χ3n) is 5.43. The summed E-state index contributed by atoms with van der Waals surface area (Å²) in [6.07, 6.45) is 6.07. The molecule has 0 N–H and O–H groups in total. The van der Waals surface area contributed by atoms with E-state index in [9.17, 15) is 9.59 Å². The number of hydrogen-bond acceptors (Lipinski definition) is 3. The summed E-state index contributed by atoms with van der Waals surface area (Å²) in [4.78, 5) is 28.6. The Hall–Kier alpha value is -1.22. The number of hydrogen-bond donors (Lipinski definition) is 0. The molecule has 1 aromatic rings. The van der Waals surface area contributed by atoms with Crippen molar-refractivity contribution in [2.24, 2.45) is 23.2 Å². The zero-order valence-corrected chi connectivity index (χ0v) is 19.3. The number of rotatable bonds is 11. The van der Waals surface area contributed by atoms with Crippen LogP contribution >= 0.6 is 11.3 Å². The highest BCUT2D eigenvalue weighted by atomic mass is 32.1. The maximum Gasteiger partial charge on any atom is 0.166 e. The summed E-state index contributed by atoms with van der Waals surface area (Å²) in [6.45, 7) is 16.3. The molecule has 152 valence electrons. The monoisotopic (exact) mass is 390 g/mol. The maximum atomic E-state index is 13.2. The number of ketones is 2. The van der Waals surface area contributed by atoms with Gasteiger partial charge in [0.05, 0.1) is 5.92 Å². The van der Waals surface area contributed by atoms with E-state index in [1.165, 1.54) is 22.6 Å². The van der Waals surface area contributed by atoms with Gasteiger partial charge in [0.1, 0.15) is 5.78 Å². The van der Waals surface area contributed by atoms with Crippen molar-refractivity contribution < 1.29 is 9.59 Å². The minimum Gasteiger partial charge on any atom is -0.299 e. The van der Waals surface area contributed by atoms with E-state index >= 15 is 0 Å². The van der Waals surface area contributed by atoms with E-state index in [1.54, 1.807) is 6.08 Å². The van der Waals surface area contributed by atoms with Gasteiger partial charge in [0.15, 0.2) is 5.78 Å². The van der Waals surface area contributed by atoms with Gasteiger partial charge in [-0.3, -0.25) is 9.59 Å². The van der Waals surface area contributed by atoms with Crippen LogP contribution in [0.4, 0.5) is 0 Å². The molecule has 0 saturated carbocycles. The molecule has 0 saturated heterocycles. The summed E-state index contributed by atoms with van der Waals surface area (Å²) in [7, 11) is 0. The van der Waals surface area contributed by atoms with E-state index in [2.05, 4.69) is 32.9 Å². The van der Waals surface area contributed by atoms with Crippen molar-refractivity contribution in [1.82, 2.24) is 0 Å². The lowest BCUT2D eigenvalue weighted by Gasteiger charge is -2.33. The largest absolute Gasteiger partial charge is 0.299 e. The third kappa shape index (κ3) is 7.03. The van der Waals surface area contributed by atoms with Crippen molar-refractivity contribution in [3.05, 3.63) is 33.5 Å². The Bertz CT molecular complexity index is 660. The molecule has 0 aromatic carbocycles. The van der Waals surface area contributed by atoms with E-state index in [4.69, 9.17) is 0 Å². The normalized spacial score (nSPS) is 14.1. The van der Waals surface area contributed by atoms with Crippen LogP contribution in [0.15, 0.2) is 23.8 Å². The molecule has 0 spiro atoms. The molecule has 27 heavy (non-hydrogen) atoms. The minimum atomic E-state index is -0.544. The second kappa shape index (κ2) is 10.4. The van der Waals surface area contributed by atoms with Gasteiger partial charge in [-0.1, -0.05) is 53.5 Å². The third-order valence-corrected chi connectivity index (χ3v) is 6.58. The lowest BCUT2D eigenvalue weighted by Crippen LogP contribution is -2.39. The van der Waals surface area contributed by atoms with Gasteiger partial charge in [-0.2, -0.15) is 0 Å². The minimum absolute atomic E-state index is 0.0150. The smallest absolute Gasteiger partial charge is 0.166 e. The first kappa shape index (κ1) is 23.8. The molecule has 1 rings (SSSR count). The number of aryl methyl sites for hydroxylation is 1. The fourth-order valence-electron chi connectivity index (χ4n) is 3.43. The molecule has 1 heterocycles. The van der Waals surface area contributed by atoms with Crippen LogP contribution in [0.1, 0.15) is 78.0 Å². The highest BCUT2D eigenvalue weighted by Crippen LogP contribution is 2.36. The standard InChI is InChI=1S/C24H38O2S/c1-9-10-11-19-12-13-20(27-19)15-24(7,8)18(6)23(26)22(17(4)5)21(25)14-16(2)3/h12-14,17-18,22H,9-11,15H2,1-8H3. The van der Waals surface area contributed by atoms with Crippen molar-refractivity contribution in [2.75, 3.05) is 0 Å². The molecule has 2 unspecified atom stereocenters. The van der Waals surface area contributed by atoms with Crippen molar-refractivity contribution in [3.8, 4) is 0 Å². The molecule has 1 aromatic heterocycles. The predicted molar refractivity (Wildman–Crippen MR) is 117 cm³/mol. The molecule has 0 radical (unpaired) electrons. The fourth-order valence-corrected chi connectivity index (χ4v) is 4.73. The Kier molecular flexibility index (Phi) is 9.14. The van der Waals surface area contributed by atoms with Gasteiger partial charge in [0.25, 0.3) is 0 Å². The van der Waals surface area contributed by atoms with Crippen LogP contribution in [0.5, 0.6) is 0 Å². The first-order valence-electron chi connectivity index (χ1n) is 10.3. The van der Waals surface area contributed by atoms with Crippen LogP contribution in [0.25, 0.3) is 0 Å². The fraction of sp³-hybridized carbons (Fsp3) is 0.667. The Morgan fingerprint density at radius 2 is 1.70 bits per heavy atom. The quantitative estimate of drug-likeness (QED) is 0.312. The SMILES string of the molecule is CCCCc1ccc(CC(C)(C)C(C)C(=O)C(C(=O)C=C(C)C)C(C)C)s1. The Morgan fingerprint density at radius 3 is 2.22 bits per heavy atom. The van der Waals surface area contributed by atoms with Crippen molar-refractivity contribution in [2.45, 2.75) is 81.1 Å². The highest BCUT2D eigenvalue weighted by Gasteiger charge is 2.38. The van der Waals surface area contributed by atoms with Crippen LogP contribution < -0.4 is 0 Å². The van der Waals surface area contributed by atoms with E-state index in [0.717, 1.165) is 18.4 Å². The second-order valence-corrected chi connectivity index (χ2v) is 10.4. The van der Waals surface area contributed by atoms with E-state index in [1.807, 2.05) is 46.0 Å². The molecule has 0 bridgehead atoms. The molecule has 0 aliphatic carbocycles. The molecule has 0 aliphatic heterocycles. The van der Waals surface area contributed by atoms with E-state index in [0.29, 0.717) is 0 Å². The van der Waals surface area contributed by atoms with Crippen LogP contribution in [0.3, 0.4) is 0 Å². The lowest BCUT2D eigenvalue weighted by molar-refractivity contribution is -0.136. The Balaban J connectivity index is 2.93. The van der Waals surface area contributed by atoms with Gasteiger partial charge < -0.3 is 0 Å². The summed E-state index contributed by atoms with van der Waals surface area (Å²) >= 11 is 1.87. The summed E-state index contributed by atoms with van der Waals surface area (Å²) in [6, 6.07) is 4.44. The Morgan fingerprint density at radius 1 is 1.11 bits per heavy atom. The van der Waals surface area contributed by atoms with Crippen LogP contribution in [-0.4, -0.2) is 11.6 Å². The number of unbranched alkanes of at least 4 members (excludes halogenated alkanes) is 1. The van der Waals surface area contributed by atoms with Crippen LogP contribution in [-0.2, 0) is 22.4 Å². The molecule has 0 fully saturated rings. The molecular formula is C24H38O2S. The molecule has 3 heteroatoms. The van der Waals surface area contributed by atoms with Gasteiger partial charge in [-0.05, 0) is 62.7 Å². The van der Waals surface area contributed by atoms with Crippen molar-refractivity contribution in [1.29, 1.82) is 0 Å². The van der Waals surface area contributed by atoms with Gasteiger partial charge in [0.2, 0.25) is 0 Å². The van der Waals surface area contributed by atoms with E-state index in [-0.39, 0.29) is 28.8 Å². The summed E-state index contributed by atoms with van der Waals surface area (Å²) in [5.41, 5.74) is 0.770. The summed E-state index contributed by atoms with van der Waals surface area (Å²) < 4.78 is 0. The highest BCUT2D eigenvalue weighted by molar-refractivity contribution is 7.12.